The lowest BCUT2D eigenvalue weighted by Crippen LogP contribution is -2.29. The van der Waals surface area contributed by atoms with Crippen molar-refractivity contribution in [2.24, 2.45) is 0 Å². The van der Waals surface area contributed by atoms with Crippen LogP contribution in [0.25, 0.3) is 0 Å². The molecule has 1 heterocycles. The summed E-state index contributed by atoms with van der Waals surface area (Å²) in [4.78, 5) is 11.3. The average Bonchev–Trinajstić information content (AvgIpc) is 2.36. The summed E-state index contributed by atoms with van der Waals surface area (Å²) in [6, 6.07) is 5.62. The minimum Gasteiger partial charge on any atom is -0.491 e. The number of hydrogen-bond acceptors (Lipinski definition) is 4. The molecular weight excluding hydrogens is 232 g/mol. The highest BCUT2D eigenvalue weighted by Gasteiger charge is 2.15. The van der Waals surface area contributed by atoms with Gasteiger partial charge in [0.2, 0.25) is 5.91 Å². The van der Waals surface area contributed by atoms with Gasteiger partial charge in [-0.05, 0) is 25.1 Å². The number of ether oxygens (including phenoxy) is 1. The van der Waals surface area contributed by atoms with Crippen LogP contribution in [0.5, 0.6) is 5.75 Å². The third-order valence-electron chi connectivity index (χ3n) is 2.86. The van der Waals surface area contributed by atoms with Crippen LogP contribution in [0.2, 0.25) is 0 Å². The SMILES string of the molecule is CNCC(O)COc1ccc2c(c1)NC(=O)CC2. The molecular formula is C13H18N2O3. The number of likely N-dealkylation sites (N-methyl/N-ethyl adjacent to an activating group) is 1. The van der Waals surface area contributed by atoms with E-state index in [9.17, 15) is 9.90 Å². The summed E-state index contributed by atoms with van der Waals surface area (Å²) in [5.74, 6) is 0.695. The Balaban J connectivity index is 1.98. The molecule has 3 N–H and O–H groups in total. The van der Waals surface area contributed by atoms with Crippen molar-refractivity contribution >= 4 is 11.6 Å². The lowest BCUT2D eigenvalue weighted by molar-refractivity contribution is -0.116. The lowest BCUT2D eigenvalue weighted by Gasteiger charge is -2.18. The zero-order valence-electron chi connectivity index (χ0n) is 10.4. The monoisotopic (exact) mass is 250 g/mol. The molecule has 0 saturated heterocycles. The van der Waals surface area contributed by atoms with E-state index < -0.39 is 6.10 Å². The Hall–Kier alpha value is -1.59. The maximum absolute atomic E-state index is 11.3. The normalized spacial score (nSPS) is 15.8. The van der Waals surface area contributed by atoms with Crippen molar-refractivity contribution < 1.29 is 14.6 Å². The van der Waals surface area contributed by atoms with Gasteiger partial charge >= 0.3 is 0 Å². The van der Waals surface area contributed by atoms with Gasteiger partial charge in [-0.25, -0.2) is 0 Å². The highest BCUT2D eigenvalue weighted by molar-refractivity contribution is 5.94. The quantitative estimate of drug-likeness (QED) is 0.713. The Kier molecular flexibility index (Phi) is 4.17. The maximum atomic E-state index is 11.3. The van der Waals surface area contributed by atoms with Crippen LogP contribution in [0.15, 0.2) is 18.2 Å². The predicted octanol–water partition coefficient (Wildman–Crippen LogP) is 0.530. The van der Waals surface area contributed by atoms with Crippen LogP contribution in [-0.4, -0.2) is 37.3 Å². The molecule has 1 aromatic carbocycles. The van der Waals surface area contributed by atoms with Gasteiger partial charge in [-0.1, -0.05) is 6.07 Å². The summed E-state index contributed by atoms with van der Waals surface area (Å²) in [6.45, 7) is 0.718. The Morgan fingerprint density at radius 2 is 2.33 bits per heavy atom. The molecule has 5 heteroatoms. The van der Waals surface area contributed by atoms with E-state index in [-0.39, 0.29) is 12.5 Å². The van der Waals surface area contributed by atoms with Gasteiger partial charge in [0, 0.05) is 24.7 Å². The number of amides is 1. The molecule has 0 fully saturated rings. The van der Waals surface area contributed by atoms with E-state index in [1.165, 1.54) is 0 Å². The zero-order valence-corrected chi connectivity index (χ0v) is 10.4. The molecule has 5 nitrogen and oxygen atoms in total. The van der Waals surface area contributed by atoms with Crippen molar-refractivity contribution in [1.29, 1.82) is 0 Å². The fourth-order valence-electron chi connectivity index (χ4n) is 1.93. The number of aliphatic hydroxyl groups is 1. The molecule has 98 valence electrons. The Morgan fingerprint density at radius 3 is 3.11 bits per heavy atom. The van der Waals surface area contributed by atoms with Gasteiger partial charge in [-0.3, -0.25) is 4.79 Å². The summed E-state index contributed by atoms with van der Waals surface area (Å²) in [5, 5.41) is 15.2. The Labute approximate surface area is 106 Å². The molecule has 1 unspecified atom stereocenters. The first kappa shape index (κ1) is 12.9. The molecule has 0 spiro atoms. The van der Waals surface area contributed by atoms with E-state index in [0.29, 0.717) is 18.7 Å². The number of benzene rings is 1. The molecule has 1 aromatic rings. The van der Waals surface area contributed by atoms with Crippen LogP contribution in [0.4, 0.5) is 5.69 Å². The number of anilines is 1. The van der Waals surface area contributed by atoms with Gasteiger partial charge in [0.15, 0.2) is 0 Å². The third-order valence-corrected chi connectivity index (χ3v) is 2.86. The molecule has 18 heavy (non-hydrogen) atoms. The van der Waals surface area contributed by atoms with E-state index in [4.69, 9.17) is 4.74 Å². The lowest BCUT2D eigenvalue weighted by atomic mass is 10.0. The van der Waals surface area contributed by atoms with Crippen molar-refractivity contribution in [3.63, 3.8) is 0 Å². The second-order valence-corrected chi connectivity index (χ2v) is 4.39. The molecule has 1 aliphatic rings. The standard InChI is InChI=1S/C13H18N2O3/c1-14-7-10(16)8-18-11-4-2-9-3-5-13(17)15-12(9)6-11/h2,4,6,10,14,16H,3,5,7-8H2,1H3,(H,15,17). The van der Waals surface area contributed by atoms with Crippen LogP contribution in [0.3, 0.4) is 0 Å². The van der Waals surface area contributed by atoms with Crippen LogP contribution in [0, 0.1) is 0 Å². The van der Waals surface area contributed by atoms with Gasteiger partial charge in [0.25, 0.3) is 0 Å². The summed E-state index contributed by atoms with van der Waals surface area (Å²) >= 11 is 0. The molecule has 0 aromatic heterocycles. The average molecular weight is 250 g/mol. The molecule has 0 radical (unpaired) electrons. The minimum atomic E-state index is -0.541. The second kappa shape index (κ2) is 5.84. The van der Waals surface area contributed by atoms with Crippen molar-refractivity contribution in [2.45, 2.75) is 18.9 Å². The number of aliphatic hydroxyl groups excluding tert-OH is 1. The van der Waals surface area contributed by atoms with Crippen molar-refractivity contribution in [3.05, 3.63) is 23.8 Å². The van der Waals surface area contributed by atoms with Crippen molar-refractivity contribution in [2.75, 3.05) is 25.5 Å². The molecule has 1 atom stereocenters. The summed E-state index contributed by atoms with van der Waals surface area (Å²) < 4.78 is 5.48. The maximum Gasteiger partial charge on any atom is 0.224 e. The second-order valence-electron chi connectivity index (χ2n) is 4.39. The van der Waals surface area contributed by atoms with Crippen LogP contribution in [-0.2, 0) is 11.2 Å². The molecule has 0 bridgehead atoms. The highest BCUT2D eigenvalue weighted by Crippen LogP contribution is 2.27. The first-order valence-electron chi connectivity index (χ1n) is 6.07. The van der Waals surface area contributed by atoms with Crippen LogP contribution in [0.1, 0.15) is 12.0 Å². The summed E-state index contributed by atoms with van der Waals surface area (Å²) in [7, 11) is 1.78. The summed E-state index contributed by atoms with van der Waals surface area (Å²) in [5.41, 5.74) is 1.93. The van der Waals surface area contributed by atoms with E-state index >= 15 is 0 Å². The molecule has 0 aliphatic carbocycles. The van der Waals surface area contributed by atoms with E-state index in [2.05, 4.69) is 10.6 Å². The van der Waals surface area contributed by atoms with E-state index in [1.54, 1.807) is 13.1 Å². The van der Waals surface area contributed by atoms with Gasteiger partial charge in [0.1, 0.15) is 18.5 Å². The van der Waals surface area contributed by atoms with Gasteiger partial charge in [-0.15, -0.1) is 0 Å². The van der Waals surface area contributed by atoms with E-state index in [1.807, 2.05) is 12.1 Å². The number of hydrogen-bond donors (Lipinski definition) is 3. The Bertz CT molecular complexity index is 434. The highest BCUT2D eigenvalue weighted by atomic mass is 16.5. The Morgan fingerprint density at radius 1 is 1.50 bits per heavy atom. The molecule has 1 aliphatic heterocycles. The van der Waals surface area contributed by atoms with E-state index in [0.717, 1.165) is 17.7 Å². The van der Waals surface area contributed by atoms with Crippen LogP contribution >= 0.6 is 0 Å². The van der Waals surface area contributed by atoms with Crippen molar-refractivity contribution in [1.82, 2.24) is 5.32 Å². The largest absolute Gasteiger partial charge is 0.491 e. The number of rotatable bonds is 5. The number of nitrogens with one attached hydrogen (secondary N) is 2. The summed E-state index contributed by atoms with van der Waals surface area (Å²) in [6.07, 6.45) is 0.762. The fraction of sp³-hybridized carbons (Fsp3) is 0.462. The predicted molar refractivity (Wildman–Crippen MR) is 68.8 cm³/mol. The van der Waals surface area contributed by atoms with Crippen LogP contribution < -0.4 is 15.4 Å². The van der Waals surface area contributed by atoms with Crippen molar-refractivity contribution in [3.8, 4) is 5.75 Å². The van der Waals surface area contributed by atoms with Gasteiger partial charge in [0.05, 0.1) is 0 Å². The smallest absolute Gasteiger partial charge is 0.224 e. The van der Waals surface area contributed by atoms with Gasteiger partial charge in [-0.2, -0.15) is 0 Å². The number of aryl methyl sites for hydroxylation is 1. The molecule has 0 saturated carbocycles. The minimum absolute atomic E-state index is 0.0369. The fourth-order valence-corrected chi connectivity index (χ4v) is 1.93. The third kappa shape index (κ3) is 3.21. The number of carbonyl (C=O) groups excluding carboxylic acids is 1. The number of fused-ring (bicyclic) bond motifs is 1. The number of carbonyl (C=O) groups is 1. The molecule has 2 rings (SSSR count). The first-order chi connectivity index (χ1) is 8.69. The van der Waals surface area contributed by atoms with Gasteiger partial charge < -0.3 is 20.5 Å². The topological polar surface area (TPSA) is 70.6 Å². The molecule has 1 amide bonds. The first-order valence-corrected chi connectivity index (χ1v) is 6.07. The zero-order chi connectivity index (χ0) is 13.0.